The van der Waals surface area contributed by atoms with E-state index in [0.29, 0.717) is 41.3 Å². The third-order valence-corrected chi connectivity index (χ3v) is 8.17. The van der Waals surface area contributed by atoms with Crippen LogP contribution >= 0.6 is 0 Å². The summed E-state index contributed by atoms with van der Waals surface area (Å²) in [7, 11) is 1.51. The van der Waals surface area contributed by atoms with E-state index in [1.807, 2.05) is 60.7 Å². The van der Waals surface area contributed by atoms with Gasteiger partial charge in [0.1, 0.15) is 11.5 Å². The molecule has 39 heavy (non-hydrogen) atoms. The van der Waals surface area contributed by atoms with Crippen LogP contribution < -0.4 is 14.8 Å². The minimum atomic E-state index is -1.87. The van der Waals surface area contributed by atoms with Crippen LogP contribution in [0.2, 0.25) is 0 Å². The van der Waals surface area contributed by atoms with Gasteiger partial charge in [-0.1, -0.05) is 72.8 Å². The smallest absolute Gasteiger partial charge is 0.177 e. The standard InChI is InChI=1S/C32H29N3O4/c1-38-26-19-35-20-27-29(26)31(37)30(36)25(18-34-17-22-8-4-2-5-9-22)28(23-10-6-3-7-11-23)32(31,39-27)24-14-12-21(16-33)13-15-24/h2-15,19-20,25,28,30,34,36-37H,17-18H2,1H3/t25?,28-,30-,31+,32+/m1/s1. The van der Waals surface area contributed by atoms with Crippen LogP contribution in [0, 0.1) is 17.2 Å². The number of nitriles is 1. The number of hydrogen-bond acceptors (Lipinski definition) is 7. The number of pyridine rings is 1. The van der Waals surface area contributed by atoms with E-state index < -0.39 is 29.1 Å². The summed E-state index contributed by atoms with van der Waals surface area (Å²) in [5.74, 6) is -0.207. The molecule has 3 aromatic carbocycles. The first-order chi connectivity index (χ1) is 19.0. The first kappa shape index (κ1) is 25.1. The molecular formula is C32H29N3O4. The molecule has 1 aliphatic heterocycles. The number of aliphatic hydroxyl groups is 2. The molecule has 5 atom stereocenters. The Bertz CT molecular complexity index is 1510. The Morgan fingerprint density at radius 2 is 1.69 bits per heavy atom. The molecule has 196 valence electrons. The van der Waals surface area contributed by atoms with Crippen molar-refractivity contribution in [3.63, 3.8) is 0 Å². The first-order valence-electron chi connectivity index (χ1n) is 13.0. The number of aromatic nitrogens is 1. The van der Waals surface area contributed by atoms with Crippen molar-refractivity contribution in [2.75, 3.05) is 13.7 Å². The summed E-state index contributed by atoms with van der Waals surface area (Å²) < 4.78 is 12.4. The van der Waals surface area contributed by atoms with Crippen LogP contribution in [-0.2, 0) is 17.7 Å². The second-order valence-corrected chi connectivity index (χ2v) is 10.1. The van der Waals surface area contributed by atoms with Crippen molar-refractivity contribution in [2.45, 2.75) is 29.8 Å². The molecule has 0 amide bonds. The van der Waals surface area contributed by atoms with Gasteiger partial charge in [-0.2, -0.15) is 5.26 Å². The zero-order chi connectivity index (χ0) is 27.0. The molecule has 0 saturated heterocycles. The van der Waals surface area contributed by atoms with E-state index in [9.17, 15) is 15.5 Å². The first-order valence-corrected chi connectivity index (χ1v) is 13.0. The number of benzene rings is 3. The topological polar surface area (TPSA) is 108 Å². The lowest BCUT2D eigenvalue weighted by molar-refractivity contribution is -0.152. The van der Waals surface area contributed by atoms with Crippen molar-refractivity contribution in [1.82, 2.24) is 10.3 Å². The summed E-state index contributed by atoms with van der Waals surface area (Å²) in [6.07, 6.45) is 1.86. The second-order valence-electron chi connectivity index (χ2n) is 10.1. The van der Waals surface area contributed by atoms with E-state index in [4.69, 9.17) is 9.47 Å². The number of aliphatic hydroxyl groups excluding tert-OH is 1. The Kier molecular flexibility index (Phi) is 6.32. The third-order valence-electron chi connectivity index (χ3n) is 8.17. The van der Waals surface area contributed by atoms with E-state index in [0.717, 1.165) is 11.1 Å². The van der Waals surface area contributed by atoms with Gasteiger partial charge in [-0.05, 0) is 28.8 Å². The lowest BCUT2D eigenvalue weighted by Crippen LogP contribution is -2.52. The summed E-state index contributed by atoms with van der Waals surface area (Å²) in [5.41, 5.74) is 0.275. The normalized spacial score (nSPS) is 26.8. The molecule has 3 N–H and O–H groups in total. The Balaban J connectivity index is 1.54. The Morgan fingerprint density at radius 3 is 2.36 bits per heavy atom. The molecule has 1 aromatic heterocycles. The summed E-state index contributed by atoms with van der Waals surface area (Å²) in [6.45, 7) is 1.03. The van der Waals surface area contributed by atoms with E-state index in [1.54, 1.807) is 30.5 Å². The molecule has 6 rings (SSSR count). The number of fused-ring (bicyclic) bond motifs is 3. The predicted octanol–water partition coefficient (Wildman–Crippen LogP) is 4.00. The number of ether oxygens (including phenoxy) is 2. The molecule has 1 unspecified atom stereocenters. The van der Waals surface area contributed by atoms with Crippen LogP contribution in [0.1, 0.15) is 33.7 Å². The molecule has 0 spiro atoms. The van der Waals surface area contributed by atoms with Crippen LogP contribution in [0.15, 0.2) is 97.3 Å². The highest BCUT2D eigenvalue weighted by molar-refractivity contribution is 5.59. The lowest BCUT2D eigenvalue weighted by atomic mass is 9.70. The molecule has 7 heteroatoms. The minimum absolute atomic E-state index is 0.342. The maximum Gasteiger partial charge on any atom is 0.177 e. The highest BCUT2D eigenvalue weighted by Gasteiger charge is 2.76. The van der Waals surface area contributed by atoms with Gasteiger partial charge in [-0.3, -0.25) is 4.98 Å². The van der Waals surface area contributed by atoms with Gasteiger partial charge in [0, 0.05) is 24.9 Å². The summed E-state index contributed by atoms with van der Waals surface area (Å²) in [5, 5.41) is 37.9. The summed E-state index contributed by atoms with van der Waals surface area (Å²) >= 11 is 0. The molecule has 2 heterocycles. The molecule has 4 aromatic rings. The van der Waals surface area contributed by atoms with Gasteiger partial charge in [0.15, 0.2) is 11.2 Å². The number of rotatable bonds is 7. The van der Waals surface area contributed by atoms with Gasteiger partial charge in [-0.15, -0.1) is 0 Å². The van der Waals surface area contributed by atoms with Crippen LogP contribution in [0.3, 0.4) is 0 Å². The van der Waals surface area contributed by atoms with Gasteiger partial charge < -0.3 is 25.0 Å². The van der Waals surface area contributed by atoms with Crippen LogP contribution in [0.25, 0.3) is 0 Å². The quantitative estimate of drug-likeness (QED) is 0.339. The van der Waals surface area contributed by atoms with Gasteiger partial charge >= 0.3 is 0 Å². The van der Waals surface area contributed by atoms with Crippen LogP contribution in [-0.4, -0.2) is 35.0 Å². The van der Waals surface area contributed by atoms with Crippen molar-refractivity contribution in [3.8, 4) is 17.6 Å². The monoisotopic (exact) mass is 519 g/mol. The van der Waals surface area contributed by atoms with Crippen molar-refractivity contribution < 1.29 is 19.7 Å². The molecular weight excluding hydrogens is 490 g/mol. The van der Waals surface area contributed by atoms with Crippen LogP contribution in [0.5, 0.6) is 11.5 Å². The predicted molar refractivity (Wildman–Crippen MR) is 145 cm³/mol. The van der Waals surface area contributed by atoms with Crippen molar-refractivity contribution in [2.24, 2.45) is 5.92 Å². The summed E-state index contributed by atoms with van der Waals surface area (Å²) in [4.78, 5) is 4.26. The van der Waals surface area contributed by atoms with Gasteiger partial charge in [0.2, 0.25) is 0 Å². The highest BCUT2D eigenvalue weighted by Crippen LogP contribution is 2.69. The van der Waals surface area contributed by atoms with Crippen LogP contribution in [0.4, 0.5) is 0 Å². The maximum atomic E-state index is 12.8. The molecule has 1 fully saturated rings. The largest absolute Gasteiger partial charge is 0.495 e. The summed E-state index contributed by atoms with van der Waals surface area (Å²) in [6, 6.07) is 29.1. The minimum Gasteiger partial charge on any atom is -0.495 e. The average molecular weight is 520 g/mol. The molecule has 0 radical (unpaired) electrons. The van der Waals surface area contributed by atoms with Crippen molar-refractivity contribution in [3.05, 3.63) is 125 Å². The van der Waals surface area contributed by atoms with E-state index in [1.165, 1.54) is 13.3 Å². The van der Waals surface area contributed by atoms with E-state index in [-0.39, 0.29) is 0 Å². The zero-order valence-electron chi connectivity index (χ0n) is 21.5. The van der Waals surface area contributed by atoms with Gasteiger partial charge in [0.05, 0.1) is 42.8 Å². The fraction of sp³-hybridized carbons (Fsp3) is 0.250. The highest BCUT2D eigenvalue weighted by atomic mass is 16.5. The lowest BCUT2D eigenvalue weighted by Gasteiger charge is -2.41. The molecule has 2 aliphatic rings. The van der Waals surface area contributed by atoms with Gasteiger partial charge in [-0.25, -0.2) is 0 Å². The maximum absolute atomic E-state index is 12.8. The van der Waals surface area contributed by atoms with Crippen molar-refractivity contribution >= 4 is 0 Å². The molecule has 1 saturated carbocycles. The number of nitrogens with zero attached hydrogens (tertiary/aromatic N) is 2. The number of hydrogen-bond donors (Lipinski definition) is 3. The van der Waals surface area contributed by atoms with Crippen molar-refractivity contribution in [1.29, 1.82) is 5.26 Å². The van der Waals surface area contributed by atoms with Gasteiger partial charge in [0.25, 0.3) is 0 Å². The SMILES string of the molecule is COc1cncc2c1[C@]1(O)[C@H](O)C(CNCc3ccccc3)[C@@H](c3ccccc3)[C@]1(c1ccc(C#N)cc1)O2. The third kappa shape index (κ3) is 3.72. The number of methoxy groups -OCH3 is 1. The molecule has 1 aliphatic carbocycles. The Labute approximate surface area is 227 Å². The Morgan fingerprint density at radius 1 is 1.00 bits per heavy atom. The van der Waals surface area contributed by atoms with E-state index in [2.05, 4.69) is 16.4 Å². The molecule has 0 bridgehead atoms. The fourth-order valence-corrected chi connectivity index (χ4v) is 6.53. The Hall–Kier alpha value is -4.22. The average Bonchev–Trinajstić information content (AvgIpc) is 3.36. The zero-order valence-corrected chi connectivity index (χ0v) is 21.5. The second kappa shape index (κ2) is 9.83. The molecule has 7 nitrogen and oxygen atoms in total. The number of nitrogens with one attached hydrogen (secondary N) is 1. The fourth-order valence-electron chi connectivity index (χ4n) is 6.53. The van der Waals surface area contributed by atoms with E-state index >= 15 is 0 Å².